The van der Waals surface area contributed by atoms with Crippen molar-refractivity contribution in [3.05, 3.63) is 39.8 Å². The Hall–Kier alpha value is -1.99. The SMILES string of the molecule is Cc1ccc(C(=O)N2CCO[C@H](c3ccnc(N4CCCC4)n3)C2)s1. The van der Waals surface area contributed by atoms with E-state index in [1.54, 1.807) is 17.5 Å². The van der Waals surface area contributed by atoms with Gasteiger partial charge in [-0.3, -0.25) is 4.79 Å². The molecule has 6 nitrogen and oxygen atoms in total. The molecule has 2 aliphatic rings. The molecule has 2 aromatic heterocycles. The van der Waals surface area contributed by atoms with Crippen LogP contribution in [0.3, 0.4) is 0 Å². The van der Waals surface area contributed by atoms with Crippen LogP contribution in [-0.4, -0.2) is 53.6 Å². The highest BCUT2D eigenvalue weighted by Gasteiger charge is 2.28. The molecule has 4 heterocycles. The molecule has 2 saturated heterocycles. The predicted molar refractivity (Wildman–Crippen MR) is 97.1 cm³/mol. The summed E-state index contributed by atoms with van der Waals surface area (Å²) in [5.41, 5.74) is 0.858. The van der Waals surface area contributed by atoms with Crippen molar-refractivity contribution in [3.63, 3.8) is 0 Å². The highest BCUT2D eigenvalue weighted by Crippen LogP contribution is 2.25. The topological polar surface area (TPSA) is 58.6 Å². The van der Waals surface area contributed by atoms with Crippen LogP contribution < -0.4 is 4.90 Å². The summed E-state index contributed by atoms with van der Waals surface area (Å²) in [5, 5.41) is 0. The van der Waals surface area contributed by atoms with Crippen molar-refractivity contribution in [1.29, 1.82) is 0 Å². The summed E-state index contributed by atoms with van der Waals surface area (Å²) in [5.74, 6) is 0.858. The summed E-state index contributed by atoms with van der Waals surface area (Å²) in [6.45, 7) is 5.73. The van der Waals surface area contributed by atoms with Crippen molar-refractivity contribution in [2.45, 2.75) is 25.9 Å². The molecule has 2 fully saturated rings. The molecule has 0 aliphatic carbocycles. The quantitative estimate of drug-likeness (QED) is 0.844. The molecule has 2 aliphatic heterocycles. The van der Waals surface area contributed by atoms with E-state index < -0.39 is 0 Å². The van der Waals surface area contributed by atoms with Crippen molar-refractivity contribution in [2.75, 3.05) is 37.7 Å². The Balaban J connectivity index is 1.49. The van der Waals surface area contributed by atoms with Crippen LogP contribution in [0.1, 0.15) is 39.2 Å². The molecule has 132 valence electrons. The van der Waals surface area contributed by atoms with E-state index in [1.165, 1.54) is 12.8 Å². The third-order valence-electron chi connectivity index (χ3n) is 4.69. The first kappa shape index (κ1) is 16.5. The molecule has 0 radical (unpaired) electrons. The Morgan fingerprint density at radius 1 is 1.24 bits per heavy atom. The first-order valence-corrected chi connectivity index (χ1v) is 9.57. The molecule has 1 amide bonds. The number of morpholine rings is 1. The zero-order valence-corrected chi connectivity index (χ0v) is 15.2. The molecule has 1 atom stereocenters. The van der Waals surface area contributed by atoms with Gasteiger partial charge < -0.3 is 14.5 Å². The van der Waals surface area contributed by atoms with Crippen LogP contribution in [-0.2, 0) is 4.74 Å². The van der Waals surface area contributed by atoms with E-state index in [0.29, 0.717) is 19.7 Å². The maximum atomic E-state index is 12.7. The number of aromatic nitrogens is 2. The molecule has 0 aromatic carbocycles. The second kappa shape index (κ2) is 7.09. The predicted octanol–water partition coefficient (Wildman–Crippen LogP) is 2.66. The molecule has 0 N–H and O–H groups in total. The smallest absolute Gasteiger partial charge is 0.264 e. The van der Waals surface area contributed by atoms with E-state index in [2.05, 4.69) is 9.88 Å². The van der Waals surface area contributed by atoms with Crippen LogP contribution in [0.4, 0.5) is 5.95 Å². The zero-order chi connectivity index (χ0) is 17.2. The minimum Gasteiger partial charge on any atom is -0.368 e. The van der Waals surface area contributed by atoms with Crippen molar-refractivity contribution < 1.29 is 9.53 Å². The van der Waals surface area contributed by atoms with Crippen LogP contribution in [0.15, 0.2) is 24.4 Å². The highest BCUT2D eigenvalue weighted by molar-refractivity contribution is 7.13. The van der Waals surface area contributed by atoms with Gasteiger partial charge in [0.1, 0.15) is 6.10 Å². The largest absolute Gasteiger partial charge is 0.368 e. The van der Waals surface area contributed by atoms with Crippen molar-refractivity contribution in [3.8, 4) is 0 Å². The van der Waals surface area contributed by atoms with E-state index in [-0.39, 0.29) is 12.0 Å². The average Bonchev–Trinajstić information content (AvgIpc) is 3.33. The van der Waals surface area contributed by atoms with Crippen LogP contribution in [0.5, 0.6) is 0 Å². The number of thiophene rings is 1. The van der Waals surface area contributed by atoms with E-state index in [0.717, 1.165) is 34.5 Å². The van der Waals surface area contributed by atoms with Gasteiger partial charge in [-0.05, 0) is 38.0 Å². The van der Waals surface area contributed by atoms with Crippen molar-refractivity contribution >= 4 is 23.2 Å². The molecule has 2 aromatic rings. The minimum absolute atomic E-state index is 0.0835. The van der Waals surface area contributed by atoms with Gasteiger partial charge in [0, 0.05) is 30.7 Å². The van der Waals surface area contributed by atoms with Crippen LogP contribution >= 0.6 is 11.3 Å². The lowest BCUT2D eigenvalue weighted by atomic mass is 10.2. The first-order valence-electron chi connectivity index (χ1n) is 8.76. The lowest BCUT2D eigenvalue weighted by molar-refractivity contribution is -0.0245. The molecule has 0 spiro atoms. The number of hydrogen-bond acceptors (Lipinski definition) is 6. The number of hydrogen-bond donors (Lipinski definition) is 0. The fourth-order valence-electron chi connectivity index (χ4n) is 3.33. The van der Waals surface area contributed by atoms with E-state index >= 15 is 0 Å². The number of ether oxygens (including phenoxy) is 1. The third-order valence-corrected chi connectivity index (χ3v) is 5.68. The fraction of sp³-hybridized carbons (Fsp3) is 0.500. The van der Waals surface area contributed by atoms with Gasteiger partial charge in [0.2, 0.25) is 5.95 Å². The van der Waals surface area contributed by atoms with Gasteiger partial charge in [-0.1, -0.05) is 0 Å². The Morgan fingerprint density at radius 2 is 2.08 bits per heavy atom. The van der Waals surface area contributed by atoms with E-state index in [1.807, 2.05) is 30.0 Å². The molecule has 0 unspecified atom stereocenters. The normalized spacial score (nSPS) is 20.9. The molecule has 7 heteroatoms. The fourth-order valence-corrected chi connectivity index (χ4v) is 4.16. The average molecular weight is 358 g/mol. The Kier molecular flexibility index (Phi) is 4.67. The number of amides is 1. The van der Waals surface area contributed by atoms with Crippen LogP contribution in [0, 0.1) is 6.92 Å². The van der Waals surface area contributed by atoms with E-state index in [4.69, 9.17) is 9.72 Å². The summed E-state index contributed by atoms with van der Waals surface area (Å²) in [6.07, 6.45) is 3.98. The number of aryl methyl sites for hydroxylation is 1. The van der Waals surface area contributed by atoms with Gasteiger partial charge in [-0.2, -0.15) is 0 Å². The molecular weight excluding hydrogens is 336 g/mol. The Morgan fingerprint density at radius 3 is 2.84 bits per heavy atom. The van der Waals surface area contributed by atoms with Crippen LogP contribution in [0.2, 0.25) is 0 Å². The number of carbonyl (C=O) groups is 1. The molecule has 25 heavy (non-hydrogen) atoms. The van der Waals surface area contributed by atoms with Crippen LogP contribution in [0.25, 0.3) is 0 Å². The summed E-state index contributed by atoms with van der Waals surface area (Å²) in [6, 6.07) is 5.79. The van der Waals surface area contributed by atoms with Gasteiger partial charge in [0.15, 0.2) is 0 Å². The van der Waals surface area contributed by atoms with Crippen molar-refractivity contribution in [2.24, 2.45) is 0 Å². The van der Waals surface area contributed by atoms with Gasteiger partial charge in [-0.25, -0.2) is 9.97 Å². The molecule has 0 saturated carbocycles. The number of anilines is 1. The van der Waals surface area contributed by atoms with Gasteiger partial charge in [-0.15, -0.1) is 11.3 Å². The van der Waals surface area contributed by atoms with Gasteiger partial charge in [0.25, 0.3) is 5.91 Å². The summed E-state index contributed by atoms with van der Waals surface area (Å²) in [7, 11) is 0. The van der Waals surface area contributed by atoms with E-state index in [9.17, 15) is 4.79 Å². The Labute approximate surface area is 151 Å². The second-order valence-electron chi connectivity index (χ2n) is 6.50. The van der Waals surface area contributed by atoms with Crippen molar-refractivity contribution in [1.82, 2.24) is 14.9 Å². The monoisotopic (exact) mass is 358 g/mol. The summed E-state index contributed by atoms with van der Waals surface area (Å²) >= 11 is 1.54. The summed E-state index contributed by atoms with van der Waals surface area (Å²) in [4.78, 5) is 27.8. The minimum atomic E-state index is -0.192. The number of nitrogens with zero attached hydrogens (tertiary/aromatic N) is 4. The maximum Gasteiger partial charge on any atom is 0.264 e. The molecule has 4 rings (SSSR count). The van der Waals surface area contributed by atoms with Gasteiger partial charge >= 0.3 is 0 Å². The first-order chi connectivity index (χ1) is 12.2. The third kappa shape index (κ3) is 3.52. The molecule has 0 bridgehead atoms. The summed E-state index contributed by atoms with van der Waals surface area (Å²) < 4.78 is 5.90. The molecular formula is C18H22N4O2S. The lowest BCUT2D eigenvalue weighted by Crippen LogP contribution is -2.42. The lowest BCUT2D eigenvalue weighted by Gasteiger charge is -2.32. The highest BCUT2D eigenvalue weighted by atomic mass is 32.1. The number of carbonyl (C=O) groups excluding carboxylic acids is 1. The maximum absolute atomic E-state index is 12.7. The van der Waals surface area contributed by atoms with Gasteiger partial charge in [0.05, 0.1) is 23.7 Å². The standard InChI is InChI=1S/C18H22N4O2S/c1-13-4-5-16(25-13)17(23)22-10-11-24-15(12-22)14-6-7-19-18(20-14)21-8-2-3-9-21/h4-7,15H,2-3,8-12H2,1H3/t15-/m0/s1. The zero-order valence-electron chi connectivity index (χ0n) is 14.4. The Bertz CT molecular complexity index is 757. The number of rotatable bonds is 3. The second-order valence-corrected chi connectivity index (χ2v) is 7.78.